The van der Waals surface area contributed by atoms with E-state index in [9.17, 15) is 8.42 Å². The van der Waals surface area contributed by atoms with Gasteiger partial charge in [-0.3, -0.25) is 0 Å². The van der Waals surface area contributed by atoms with Crippen molar-refractivity contribution in [3.63, 3.8) is 0 Å². The first-order valence-corrected chi connectivity index (χ1v) is 9.56. The van der Waals surface area contributed by atoms with Crippen LogP contribution in [0.2, 0.25) is 0 Å². The third-order valence-electron chi connectivity index (χ3n) is 4.48. The van der Waals surface area contributed by atoms with E-state index in [0.29, 0.717) is 5.75 Å². The molecule has 4 heteroatoms. The Hall–Kier alpha value is -0.0900. The van der Waals surface area contributed by atoms with E-state index in [1.165, 1.54) is 32.1 Å². The highest BCUT2D eigenvalue weighted by Gasteiger charge is 2.33. The number of rotatable bonds is 8. The SMILES string of the molecule is CCCNCC1(CCS(=O)(=O)C(C)C)CCCCC1. The summed E-state index contributed by atoms with van der Waals surface area (Å²) in [5.74, 6) is 0.360. The Morgan fingerprint density at radius 3 is 2.32 bits per heavy atom. The molecule has 114 valence electrons. The van der Waals surface area contributed by atoms with Crippen LogP contribution in [0.4, 0.5) is 0 Å². The molecule has 0 saturated heterocycles. The maximum atomic E-state index is 12.0. The molecule has 0 unspecified atom stereocenters. The van der Waals surface area contributed by atoms with E-state index >= 15 is 0 Å². The minimum absolute atomic E-state index is 0.232. The van der Waals surface area contributed by atoms with Crippen LogP contribution in [0.3, 0.4) is 0 Å². The Morgan fingerprint density at radius 1 is 1.16 bits per heavy atom. The van der Waals surface area contributed by atoms with E-state index in [4.69, 9.17) is 0 Å². The summed E-state index contributed by atoms with van der Waals surface area (Å²) < 4.78 is 24.0. The van der Waals surface area contributed by atoms with Crippen molar-refractivity contribution < 1.29 is 8.42 Å². The van der Waals surface area contributed by atoms with Crippen molar-refractivity contribution in [2.24, 2.45) is 5.41 Å². The van der Waals surface area contributed by atoms with Crippen LogP contribution < -0.4 is 5.32 Å². The summed E-state index contributed by atoms with van der Waals surface area (Å²) in [6.45, 7) is 7.79. The van der Waals surface area contributed by atoms with Crippen LogP contribution in [0, 0.1) is 5.41 Å². The molecule has 1 saturated carbocycles. The Balaban J connectivity index is 2.59. The van der Waals surface area contributed by atoms with Crippen LogP contribution >= 0.6 is 0 Å². The maximum absolute atomic E-state index is 12.0. The van der Waals surface area contributed by atoms with Gasteiger partial charge in [-0.25, -0.2) is 8.42 Å². The fraction of sp³-hybridized carbons (Fsp3) is 1.00. The lowest BCUT2D eigenvalue weighted by Gasteiger charge is -2.38. The zero-order valence-electron chi connectivity index (χ0n) is 12.9. The third kappa shape index (κ3) is 5.42. The lowest BCUT2D eigenvalue weighted by atomic mass is 9.72. The molecule has 0 aromatic rings. The Morgan fingerprint density at radius 2 is 1.79 bits per heavy atom. The zero-order valence-corrected chi connectivity index (χ0v) is 13.7. The summed E-state index contributed by atoms with van der Waals surface area (Å²) in [6.07, 6.45) is 8.19. The minimum atomic E-state index is -2.89. The molecule has 0 heterocycles. The van der Waals surface area contributed by atoms with Gasteiger partial charge in [-0.2, -0.15) is 0 Å². The van der Waals surface area contributed by atoms with Gasteiger partial charge in [-0.05, 0) is 51.5 Å². The van der Waals surface area contributed by atoms with Crippen LogP contribution in [0.5, 0.6) is 0 Å². The molecule has 0 amide bonds. The van der Waals surface area contributed by atoms with Crippen LogP contribution in [-0.2, 0) is 9.84 Å². The molecule has 0 atom stereocenters. The van der Waals surface area contributed by atoms with Crippen molar-refractivity contribution in [2.75, 3.05) is 18.8 Å². The van der Waals surface area contributed by atoms with Crippen LogP contribution in [-0.4, -0.2) is 32.5 Å². The highest BCUT2D eigenvalue weighted by atomic mass is 32.2. The van der Waals surface area contributed by atoms with Gasteiger partial charge in [0.05, 0.1) is 11.0 Å². The summed E-state index contributed by atoms with van der Waals surface area (Å²) >= 11 is 0. The smallest absolute Gasteiger partial charge is 0.152 e. The van der Waals surface area contributed by atoms with Gasteiger partial charge in [0, 0.05) is 6.54 Å². The third-order valence-corrected chi connectivity index (χ3v) is 6.69. The Labute approximate surface area is 119 Å². The first kappa shape index (κ1) is 17.0. The first-order valence-electron chi connectivity index (χ1n) is 7.84. The van der Waals surface area contributed by atoms with E-state index in [2.05, 4.69) is 12.2 Å². The first-order chi connectivity index (χ1) is 8.92. The van der Waals surface area contributed by atoms with Crippen molar-refractivity contribution in [3.8, 4) is 0 Å². The van der Waals surface area contributed by atoms with E-state index in [1.54, 1.807) is 13.8 Å². The second-order valence-corrected chi connectivity index (χ2v) is 9.08. The van der Waals surface area contributed by atoms with E-state index in [-0.39, 0.29) is 10.7 Å². The molecule has 1 fully saturated rings. The molecule has 0 spiro atoms. The molecule has 19 heavy (non-hydrogen) atoms. The fourth-order valence-electron chi connectivity index (χ4n) is 2.94. The van der Waals surface area contributed by atoms with Crippen LogP contribution in [0.25, 0.3) is 0 Å². The van der Waals surface area contributed by atoms with Gasteiger partial charge < -0.3 is 5.32 Å². The summed E-state index contributed by atoms with van der Waals surface area (Å²) in [7, 11) is -2.89. The van der Waals surface area contributed by atoms with Crippen LogP contribution in [0.15, 0.2) is 0 Å². The standard InChI is InChI=1S/C15H31NO2S/c1-4-11-16-13-15(8-6-5-7-9-15)10-12-19(17,18)14(2)3/h14,16H,4-13H2,1-3H3. The molecular formula is C15H31NO2S. The Bertz CT molecular complexity index is 343. The van der Waals surface area contributed by atoms with Gasteiger partial charge >= 0.3 is 0 Å². The average molecular weight is 289 g/mol. The fourth-order valence-corrected chi connectivity index (χ4v) is 4.13. The largest absolute Gasteiger partial charge is 0.316 e. The van der Waals surface area contributed by atoms with Crippen LogP contribution in [0.1, 0.15) is 65.7 Å². The summed E-state index contributed by atoms with van der Waals surface area (Å²) in [5, 5.41) is 3.28. The molecule has 0 radical (unpaired) electrons. The Kier molecular flexibility index (Phi) is 6.81. The molecular weight excluding hydrogens is 258 g/mol. The van der Waals surface area contributed by atoms with Crippen molar-refractivity contribution in [3.05, 3.63) is 0 Å². The van der Waals surface area contributed by atoms with Gasteiger partial charge in [-0.1, -0.05) is 26.2 Å². The van der Waals surface area contributed by atoms with E-state index < -0.39 is 9.84 Å². The quantitative estimate of drug-likeness (QED) is 0.698. The summed E-state index contributed by atoms with van der Waals surface area (Å²) in [6, 6.07) is 0. The molecule has 1 N–H and O–H groups in total. The summed E-state index contributed by atoms with van der Waals surface area (Å²) in [4.78, 5) is 0. The molecule has 0 bridgehead atoms. The monoisotopic (exact) mass is 289 g/mol. The predicted molar refractivity (Wildman–Crippen MR) is 82.2 cm³/mol. The zero-order chi connectivity index (χ0) is 14.4. The number of hydrogen-bond acceptors (Lipinski definition) is 3. The van der Waals surface area contributed by atoms with Crippen molar-refractivity contribution in [1.82, 2.24) is 5.32 Å². The topological polar surface area (TPSA) is 46.2 Å². The lowest BCUT2D eigenvalue weighted by Crippen LogP contribution is -2.38. The molecule has 0 aromatic carbocycles. The molecule has 3 nitrogen and oxygen atoms in total. The molecule has 0 aromatic heterocycles. The lowest BCUT2D eigenvalue weighted by molar-refractivity contribution is 0.176. The molecule has 1 aliphatic carbocycles. The van der Waals surface area contributed by atoms with Crippen molar-refractivity contribution in [2.45, 2.75) is 71.0 Å². The normalized spacial score (nSPS) is 19.8. The summed E-state index contributed by atoms with van der Waals surface area (Å²) in [5.41, 5.74) is 0.232. The van der Waals surface area contributed by atoms with Crippen molar-refractivity contribution >= 4 is 9.84 Å². The van der Waals surface area contributed by atoms with Gasteiger partial charge in [0.2, 0.25) is 0 Å². The molecule has 1 aliphatic rings. The van der Waals surface area contributed by atoms with E-state index in [0.717, 1.165) is 25.9 Å². The highest BCUT2D eigenvalue weighted by Crippen LogP contribution is 2.39. The van der Waals surface area contributed by atoms with Crippen molar-refractivity contribution in [1.29, 1.82) is 0 Å². The van der Waals surface area contributed by atoms with Gasteiger partial charge in [-0.15, -0.1) is 0 Å². The highest BCUT2D eigenvalue weighted by molar-refractivity contribution is 7.91. The number of hydrogen-bond donors (Lipinski definition) is 1. The predicted octanol–water partition coefficient (Wildman–Crippen LogP) is 3.15. The van der Waals surface area contributed by atoms with Gasteiger partial charge in [0.1, 0.15) is 0 Å². The molecule has 0 aliphatic heterocycles. The van der Waals surface area contributed by atoms with Gasteiger partial charge in [0.25, 0.3) is 0 Å². The number of nitrogens with one attached hydrogen (secondary N) is 1. The minimum Gasteiger partial charge on any atom is -0.316 e. The average Bonchev–Trinajstić information content (AvgIpc) is 2.38. The van der Waals surface area contributed by atoms with E-state index in [1.807, 2.05) is 0 Å². The second-order valence-electron chi connectivity index (χ2n) is 6.40. The second kappa shape index (κ2) is 7.63. The van der Waals surface area contributed by atoms with Gasteiger partial charge in [0.15, 0.2) is 9.84 Å². The molecule has 1 rings (SSSR count). The number of sulfone groups is 1. The maximum Gasteiger partial charge on any atom is 0.152 e.